The van der Waals surface area contributed by atoms with Gasteiger partial charge in [0.2, 0.25) is 0 Å². The van der Waals surface area contributed by atoms with Crippen LogP contribution in [0, 0.1) is 0 Å². The molecule has 0 aliphatic heterocycles. The van der Waals surface area contributed by atoms with Gasteiger partial charge in [-0.15, -0.1) is 0 Å². The topological polar surface area (TPSA) is 134 Å². The zero-order valence-electron chi connectivity index (χ0n) is 49.7. The number of nitrogens with two attached hydrogens (primary N) is 1. The van der Waals surface area contributed by atoms with Crippen LogP contribution in [-0.2, 0) is 32.7 Å². The van der Waals surface area contributed by atoms with Gasteiger partial charge in [-0.05, 0) is 96.3 Å². The van der Waals surface area contributed by atoms with E-state index >= 15 is 0 Å². The molecule has 0 aromatic heterocycles. The smallest absolute Gasteiger partial charge is 0.462 e. The van der Waals surface area contributed by atoms with Crippen LogP contribution in [0.25, 0.3) is 0 Å². The number of hydrogen-bond acceptors (Lipinski definition) is 8. The van der Waals surface area contributed by atoms with Gasteiger partial charge >= 0.3 is 19.8 Å². The fourth-order valence-electron chi connectivity index (χ4n) is 8.79. The van der Waals surface area contributed by atoms with Crippen molar-refractivity contribution in [3.63, 3.8) is 0 Å². The second-order valence-corrected chi connectivity index (χ2v) is 22.3. The van der Waals surface area contributed by atoms with E-state index in [4.69, 9.17) is 24.3 Å². The number of allylic oxidation sites excluding steroid dienone is 16. The van der Waals surface area contributed by atoms with Crippen molar-refractivity contribution in [3.8, 4) is 0 Å². The van der Waals surface area contributed by atoms with Crippen LogP contribution in [0.1, 0.15) is 284 Å². The van der Waals surface area contributed by atoms with E-state index in [0.29, 0.717) is 6.42 Å². The summed E-state index contributed by atoms with van der Waals surface area (Å²) in [6.07, 6.45) is 83.3. The highest BCUT2D eigenvalue weighted by Crippen LogP contribution is 2.43. The zero-order valence-corrected chi connectivity index (χ0v) is 50.6. The summed E-state index contributed by atoms with van der Waals surface area (Å²) in [4.78, 5) is 35.3. The summed E-state index contributed by atoms with van der Waals surface area (Å²) in [6.45, 7) is 3.65. The number of carbonyl (C=O) groups excluding carboxylic acids is 2. The van der Waals surface area contributed by atoms with E-state index < -0.39 is 26.5 Å². The predicted molar refractivity (Wildman–Crippen MR) is 330 cm³/mol. The van der Waals surface area contributed by atoms with Crippen LogP contribution in [0.4, 0.5) is 0 Å². The summed E-state index contributed by atoms with van der Waals surface area (Å²) in [6, 6.07) is 0. The van der Waals surface area contributed by atoms with E-state index in [1.807, 2.05) is 0 Å². The van der Waals surface area contributed by atoms with Gasteiger partial charge in [0.25, 0.3) is 0 Å². The van der Waals surface area contributed by atoms with Crippen LogP contribution in [-0.4, -0.2) is 49.3 Å². The fraction of sp³-hybridized carbons (Fsp3) is 0.731. The van der Waals surface area contributed by atoms with Crippen molar-refractivity contribution in [2.45, 2.75) is 290 Å². The standard InChI is InChI=1S/C67H118NO8P/c1-3-5-7-9-11-13-15-17-19-21-23-25-27-29-30-31-32-33-34-36-38-40-42-44-46-48-50-52-54-56-58-60-67(70)76-65(64-75-77(71,72)74-62-61-68)63-73-66(69)59-57-55-53-51-49-47-45-43-41-39-37-35-28-26-24-22-20-18-16-14-12-10-8-6-4-2/h5,7,11,13,17,19,22-25,29-30,32-33,36,38,65H,3-4,6,8-10,12,14-16,18,20-21,26-28,31,34-35,37,39-64,68H2,1-2H3,(H,71,72)/b7-5-,13-11-,19-17-,24-22-,25-23-,30-29-,33-32-,38-36-. The first-order valence-electron chi connectivity index (χ1n) is 31.7. The Hall–Kier alpha value is -3.07. The maximum atomic E-state index is 12.7. The molecule has 0 aromatic carbocycles. The largest absolute Gasteiger partial charge is 0.472 e. The highest BCUT2D eigenvalue weighted by Gasteiger charge is 2.26. The zero-order chi connectivity index (χ0) is 55.9. The number of esters is 2. The van der Waals surface area contributed by atoms with Gasteiger partial charge < -0.3 is 20.1 Å². The fourth-order valence-corrected chi connectivity index (χ4v) is 9.55. The van der Waals surface area contributed by atoms with Gasteiger partial charge in [0, 0.05) is 19.4 Å². The van der Waals surface area contributed by atoms with Crippen LogP contribution in [0.3, 0.4) is 0 Å². The molecule has 0 heterocycles. The minimum atomic E-state index is -4.40. The maximum Gasteiger partial charge on any atom is 0.472 e. The maximum absolute atomic E-state index is 12.7. The molecule has 77 heavy (non-hydrogen) atoms. The molecular weight excluding hydrogens is 978 g/mol. The number of ether oxygens (including phenoxy) is 2. The van der Waals surface area contributed by atoms with Gasteiger partial charge in [-0.2, -0.15) is 0 Å². The molecule has 10 heteroatoms. The van der Waals surface area contributed by atoms with Crippen molar-refractivity contribution in [1.82, 2.24) is 0 Å². The monoisotopic (exact) mass is 1100 g/mol. The third kappa shape index (κ3) is 62.0. The van der Waals surface area contributed by atoms with Crippen LogP contribution in [0.5, 0.6) is 0 Å². The average Bonchev–Trinajstić information content (AvgIpc) is 3.42. The van der Waals surface area contributed by atoms with Crippen LogP contribution in [0.2, 0.25) is 0 Å². The van der Waals surface area contributed by atoms with E-state index in [-0.39, 0.29) is 38.6 Å². The Labute approximate surface area is 474 Å². The third-order valence-electron chi connectivity index (χ3n) is 13.5. The number of phosphoric acid groups is 1. The first-order chi connectivity index (χ1) is 37.8. The molecular formula is C67H118NO8P. The molecule has 0 saturated heterocycles. The molecule has 2 unspecified atom stereocenters. The summed E-state index contributed by atoms with van der Waals surface area (Å²) < 4.78 is 33.1. The van der Waals surface area contributed by atoms with Gasteiger partial charge in [-0.1, -0.05) is 272 Å². The lowest BCUT2D eigenvalue weighted by molar-refractivity contribution is -0.161. The molecule has 0 bridgehead atoms. The Morgan fingerprint density at radius 2 is 0.714 bits per heavy atom. The highest BCUT2D eigenvalue weighted by molar-refractivity contribution is 7.47. The van der Waals surface area contributed by atoms with E-state index in [9.17, 15) is 19.0 Å². The molecule has 0 aliphatic carbocycles. The SMILES string of the molecule is CC/C=C\C/C=C\C/C=C\C/C=C\C/C=C\C/C=C\C/C=C\CCCCCCCCCCCC(=O)OC(COC(=O)CCCCCCCCCCCCCCC/C=C\CCCCCCCCCC)COP(=O)(O)OCCN. The van der Waals surface area contributed by atoms with Crippen LogP contribution >= 0.6 is 7.82 Å². The average molecular weight is 1100 g/mol. The lowest BCUT2D eigenvalue weighted by atomic mass is 10.0. The minimum absolute atomic E-state index is 0.0489. The van der Waals surface area contributed by atoms with Crippen molar-refractivity contribution >= 4 is 19.8 Å². The Morgan fingerprint density at radius 1 is 0.403 bits per heavy atom. The van der Waals surface area contributed by atoms with E-state index in [1.165, 1.54) is 161 Å². The van der Waals surface area contributed by atoms with Crippen LogP contribution < -0.4 is 5.73 Å². The molecule has 2 atom stereocenters. The molecule has 9 nitrogen and oxygen atoms in total. The summed E-state index contributed by atoms with van der Waals surface area (Å²) in [5.41, 5.74) is 5.39. The first kappa shape index (κ1) is 73.9. The molecule has 0 aliphatic rings. The van der Waals surface area contributed by atoms with Crippen molar-refractivity contribution in [2.24, 2.45) is 5.73 Å². The summed E-state index contributed by atoms with van der Waals surface area (Å²) >= 11 is 0. The second kappa shape index (κ2) is 62.1. The Bertz CT molecular complexity index is 1580. The Balaban J connectivity index is 3.97. The quantitative estimate of drug-likeness (QED) is 0.0264. The molecule has 0 amide bonds. The minimum Gasteiger partial charge on any atom is -0.462 e. The van der Waals surface area contributed by atoms with Gasteiger partial charge in [-0.3, -0.25) is 18.6 Å². The van der Waals surface area contributed by atoms with Crippen LogP contribution in [0.15, 0.2) is 97.2 Å². The summed E-state index contributed by atoms with van der Waals surface area (Å²) in [5, 5.41) is 0. The summed E-state index contributed by atoms with van der Waals surface area (Å²) in [5.74, 6) is -0.831. The molecule has 444 valence electrons. The normalized spacial score (nSPS) is 13.7. The second-order valence-electron chi connectivity index (χ2n) is 20.9. The van der Waals surface area contributed by atoms with Crippen molar-refractivity contribution < 1.29 is 37.6 Å². The van der Waals surface area contributed by atoms with Gasteiger partial charge in [-0.25, -0.2) is 4.57 Å². The van der Waals surface area contributed by atoms with Crippen molar-refractivity contribution in [3.05, 3.63) is 97.2 Å². The number of hydrogen-bond donors (Lipinski definition) is 2. The van der Waals surface area contributed by atoms with E-state index in [2.05, 4.69) is 111 Å². The Morgan fingerprint density at radius 3 is 1.08 bits per heavy atom. The number of unbranched alkanes of at least 4 members (excludes halogenated alkanes) is 30. The van der Waals surface area contributed by atoms with Gasteiger partial charge in [0.1, 0.15) is 6.61 Å². The number of rotatable bonds is 59. The molecule has 0 rings (SSSR count). The number of phosphoric ester groups is 1. The molecule has 0 fully saturated rings. The van der Waals surface area contributed by atoms with Gasteiger partial charge in [0.15, 0.2) is 6.10 Å². The predicted octanol–water partition coefficient (Wildman–Crippen LogP) is 20.4. The molecule has 0 aromatic rings. The molecule has 0 spiro atoms. The lowest BCUT2D eigenvalue weighted by Crippen LogP contribution is -2.29. The van der Waals surface area contributed by atoms with Gasteiger partial charge in [0.05, 0.1) is 13.2 Å². The van der Waals surface area contributed by atoms with E-state index in [0.717, 1.165) is 89.9 Å². The molecule has 0 radical (unpaired) electrons. The van der Waals surface area contributed by atoms with E-state index in [1.54, 1.807) is 0 Å². The third-order valence-corrected chi connectivity index (χ3v) is 14.4. The van der Waals surface area contributed by atoms with Crippen molar-refractivity contribution in [2.75, 3.05) is 26.4 Å². The lowest BCUT2D eigenvalue weighted by Gasteiger charge is -2.19. The Kier molecular flexibility index (Phi) is 59.7. The highest BCUT2D eigenvalue weighted by atomic mass is 31.2. The molecule has 3 N–H and O–H groups in total. The number of carbonyl (C=O) groups is 2. The van der Waals surface area contributed by atoms with Crippen molar-refractivity contribution in [1.29, 1.82) is 0 Å². The summed E-state index contributed by atoms with van der Waals surface area (Å²) in [7, 11) is -4.40. The first-order valence-corrected chi connectivity index (χ1v) is 33.2. The molecule has 0 saturated carbocycles.